The lowest BCUT2D eigenvalue weighted by Crippen LogP contribution is -2.50. The van der Waals surface area contributed by atoms with Crippen molar-refractivity contribution < 1.29 is 13.2 Å². The van der Waals surface area contributed by atoms with Crippen LogP contribution in [0.4, 0.5) is 0 Å². The molecule has 0 radical (unpaired) electrons. The van der Waals surface area contributed by atoms with E-state index in [9.17, 15) is 13.2 Å². The summed E-state index contributed by atoms with van der Waals surface area (Å²) in [6.07, 6.45) is 1.03. The first-order valence-corrected chi connectivity index (χ1v) is 6.66. The summed E-state index contributed by atoms with van der Waals surface area (Å²) in [5, 5.41) is 1.53. The molecule has 0 aliphatic heterocycles. The fourth-order valence-electron chi connectivity index (χ4n) is 0.663. The SMILES string of the molecule is CC(C(=O)NC(C)(C)CCl)S(C)(=O)=O. The van der Waals surface area contributed by atoms with Gasteiger partial charge in [0.25, 0.3) is 0 Å². The van der Waals surface area contributed by atoms with Crippen LogP contribution in [0.5, 0.6) is 0 Å². The van der Waals surface area contributed by atoms with E-state index in [2.05, 4.69) is 5.32 Å². The predicted octanol–water partition coefficient (Wildman–Crippen LogP) is 0.553. The van der Waals surface area contributed by atoms with Gasteiger partial charge in [-0.2, -0.15) is 0 Å². The highest BCUT2D eigenvalue weighted by Crippen LogP contribution is 2.07. The molecule has 84 valence electrons. The van der Waals surface area contributed by atoms with Gasteiger partial charge in [-0.3, -0.25) is 4.79 Å². The summed E-state index contributed by atoms with van der Waals surface area (Å²) < 4.78 is 22.1. The Morgan fingerprint density at radius 2 is 1.93 bits per heavy atom. The van der Waals surface area contributed by atoms with Crippen molar-refractivity contribution in [3.63, 3.8) is 0 Å². The normalized spacial score (nSPS) is 14.9. The Hall–Kier alpha value is -0.290. The van der Waals surface area contributed by atoms with Gasteiger partial charge < -0.3 is 5.32 Å². The monoisotopic (exact) mass is 241 g/mol. The fraction of sp³-hybridized carbons (Fsp3) is 0.875. The number of nitrogens with one attached hydrogen (secondary N) is 1. The topological polar surface area (TPSA) is 63.2 Å². The first-order valence-electron chi connectivity index (χ1n) is 4.17. The molecule has 4 nitrogen and oxygen atoms in total. The van der Waals surface area contributed by atoms with Crippen molar-refractivity contribution in [2.45, 2.75) is 31.6 Å². The molecule has 0 heterocycles. The lowest BCUT2D eigenvalue weighted by Gasteiger charge is -2.24. The van der Waals surface area contributed by atoms with Gasteiger partial charge in [0.1, 0.15) is 5.25 Å². The molecule has 1 amide bonds. The molecule has 1 unspecified atom stereocenters. The molecule has 0 aliphatic rings. The van der Waals surface area contributed by atoms with E-state index in [0.29, 0.717) is 0 Å². The Balaban J connectivity index is 4.53. The highest BCUT2D eigenvalue weighted by Gasteiger charge is 2.28. The average molecular weight is 242 g/mol. The molecule has 0 aliphatic carbocycles. The highest BCUT2D eigenvalue weighted by molar-refractivity contribution is 7.92. The zero-order valence-electron chi connectivity index (χ0n) is 8.80. The van der Waals surface area contributed by atoms with E-state index in [1.54, 1.807) is 13.8 Å². The van der Waals surface area contributed by atoms with Gasteiger partial charge in [0, 0.05) is 17.7 Å². The second-order valence-electron chi connectivity index (χ2n) is 3.98. The molecule has 0 bridgehead atoms. The van der Waals surface area contributed by atoms with Gasteiger partial charge in [-0.05, 0) is 20.8 Å². The molecular weight excluding hydrogens is 226 g/mol. The molecule has 0 rings (SSSR count). The van der Waals surface area contributed by atoms with Crippen LogP contribution in [0, 0.1) is 0 Å². The molecule has 0 aromatic carbocycles. The Labute approximate surface area is 89.9 Å². The van der Waals surface area contributed by atoms with E-state index in [4.69, 9.17) is 11.6 Å². The molecule has 0 saturated carbocycles. The summed E-state index contributed by atoms with van der Waals surface area (Å²) in [5.74, 6) is -0.284. The minimum absolute atomic E-state index is 0.231. The van der Waals surface area contributed by atoms with Gasteiger partial charge in [0.05, 0.1) is 0 Å². The first kappa shape index (κ1) is 13.7. The Morgan fingerprint density at radius 1 is 1.50 bits per heavy atom. The molecular formula is C8H16ClNO3S. The third-order valence-corrected chi connectivity index (χ3v) is 3.97. The summed E-state index contributed by atoms with van der Waals surface area (Å²) in [7, 11) is -3.34. The lowest BCUT2D eigenvalue weighted by molar-refractivity contribution is -0.121. The van der Waals surface area contributed by atoms with E-state index < -0.39 is 26.5 Å². The fourth-order valence-corrected chi connectivity index (χ4v) is 1.18. The predicted molar refractivity (Wildman–Crippen MR) is 57.2 cm³/mol. The molecule has 1 atom stereocenters. The maximum atomic E-state index is 11.4. The number of carbonyl (C=O) groups excluding carboxylic acids is 1. The molecule has 0 aromatic rings. The van der Waals surface area contributed by atoms with Gasteiger partial charge in [0.15, 0.2) is 9.84 Å². The van der Waals surface area contributed by atoms with Gasteiger partial charge >= 0.3 is 0 Å². The Bertz CT molecular complexity index is 311. The van der Waals surface area contributed by atoms with Crippen LogP contribution < -0.4 is 5.32 Å². The number of rotatable bonds is 4. The second-order valence-corrected chi connectivity index (χ2v) is 6.61. The standard InChI is InChI=1S/C8H16ClNO3S/c1-6(14(4,12)13)7(11)10-8(2,3)5-9/h6H,5H2,1-4H3,(H,10,11). The van der Waals surface area contributed by atoms with Crippen LogP contribution in [0.1, 0.15) is 20.8 Å². The molecule has 0 saturated heterocycles. The number of amides is 1. The van der Waals surface area contributed by atoms with E-state index in [1.165, 1.54) is 6.92 Å². The minimum atomic E-state index is -3.34. The van der Waals surface area contributed by atoms with Crippen LogP contribution in [0.25, 0.3) is 0 Å². The lowest BCUT2D eigenvalue weighted by atomic mass is 10.1. The Kier molecular flexibility index (Phi) is 4.39. The van der Waals surface area contributed by atoms with Crippen molar-refractivity contribution >= 4 is 27.3 Å². The van der Waals surface area contributed by atoms with Gasteiger partial charge in [-0.1, -0.05) is 0 Å². The van der Waals surface area contributed by atoms with E-state index in [-0.39, 0.29) is 5.88 Å². The van der Waals surface area contributed by atoms with Crippen molar-refractivity contribution in [3.8, 4) is 0 Å². The quantitative estimate of drug-likeness (QED) is 0.732. The minimum Gasteiger partial charge on any atom is -0.349 e. The van der Waals surface area contributed by atoms with Crippen LogP contribution >= 0.6 is 11.6 Å². The maximum Gasteiger partial charge on any atom is 0.238 e. The summed E-state index contributed by atoms with van der Waals surface area (Å²) >= 11 is 5.59. The van der Waals surface area contributed by atoms with Gasteiger partial charge in [0.2, 0.25) is 5.91 Å². The summed E-state index contributed by atoms with van der Waals surface area (Å²) in [4.78, 5) is 11.4. The molecule has 6 heteroatoms. The molecule has 0 fully saturated rings. The van der Waals surface area contributed by atoms with Crippen molar-refractivity contribution in [1.29, 1.82) is 0 Å². The Morgan fingerprint density at radius 3 is 2.21 bits per heavy atom. The summed E-state index contributed by atoms with van der Waals surface area (Å²) in [6.45, 7) is 4.81. The highest BCUT2D eigenvalue weighted by atomic mass is 35.5. The number of sulfone groups is 1. The third kappa shape index (κ3) is 4.28. The smallest absolute Gasteiger partial charge is 0.238 e. The molecule has 1 N–H and O–H groups in total. The van der Waals surface area contributed by atoms with Crippen LogP contribution in [-0.2, 0) is 14.6 Å². The van der Waals surface area contributed by atoms with Crippen LogP contribution in [-0.4, -0.2) is 37.2 Å². The van der Waals surface area contributed by atoms with Crippen LogP contribution in [0.15, 0.2) is 0 Å². The van der Waals surface area contributed by atoms with Crippen LogP contribution in [0.3, 0.4) is 0 Å². The first-order chi connectivity index (χ1) is 6.10. The van der Waals surface area contributed by atoms with Crippen molar-refractivity contribution in [1.82, 2.24) is 5.32 Å². The van der Waals surface area contributed by atoms with E-state index >= 15 is 0 Å². The van der Waals surface area contributed by atoms with E-state index in [1.807, 2.05) is 0 Å². The maximum absolute atomic E-state index is 11.4. The largest absolute Gasteiger partial charge is 0.349 e. The summed E-state index contributed by atoms with van der Waals surface area (Å²) in [5.41, 5.74) is -0.586. The number of alkyl halides is 1. The number of hydrogen-bond donors (Lipinski definition) is 1. The summed E-state index contributed by atoms with van der Waals surface area (Å²) in [6, 6.07) is 0. The van der Waals surface area contributed by atoms with Crippen LogP contribution in [0.2, 0.25) is 0 Å². The molecule has 0 aromatic heterocycles. The number of carbonyl (C=O) groups is 1. The number of hydrogen-bond acceptors (Lipinski definition) is 3. The van der Waals surface area contributed by atoms with E-state index in [0.717, 1.165) is 6.26 Å². The van der Waals surface area contributed by atoms with Crippen molar-refractivity contribution in [2.75, 3.05) is 12.1 Å². The van der Waals surface area contributed by atoms with Crippen molar-refractivity contribution in [2.24, 2.45) is 0 Å². The van der Waals surface area contributed by atoms with Gasteiger partial charge in [-0.25, -0.2) is 8.42 Å². The third-order valence-electron chi connectivity index (χ3n) is 1.81. The molecule has 14 heavy (non-hydrogen) atoms. The average Bonchev–Trinajstić information content (AvgIpc) is 2.00. The number of halogens is 1. The zero-order chi connectivity index (χ0) is 11.6. The van der Waals surface area contributed by atoms with Gasteiger partial charge in [-0.15, -0.1) is 11.6 Å². The molecule has 0 spiro atoms. The second kappa shape index (κ2) is 4.49. The zero-order valence-corrected chi connectivity index (χ0v) is 10.4. The van der Waals surface area contributed by atoms with Crippen molar-refractivity contribution in [3.05, 3.63) is 0 Å².